The maximum absolute atomic E-state index is 12.5. The Hall–Kier alpha value is -1.65. The largest absolute Gasteiger partial charge is 0.394 e. The predicted molar refractivity (Wildman–Crippen MR) is 341 cm³/mol. The molecule has 4 heteroatoms. The van der Waals surface area contributed by atoms with Crippen LogP contribution in [0, 0.1) is 0 Å². The SMILES string of the molecule is CCCCCCC/C=C\C/C=C\C/C=C\CCCCCCCCCCCCCCCCCCC(=O)NC(CO)C(O)/C=C/CCCCCCCCCCCCCCCCCCCCCCCCCCCCCCCCC. The van der Waals surface area contributed by atoms with Crippen LogP contribution in [-0.4, -0.2) is 34.9 Å². The number of carbonyl (C=O) groups is 1. The first-order chi connectivity index (χ1) is 37.7. The highest BCUT2D eigenvalue weighted by Gasteiger charge is 2.18. The summed E-state index contributed by atoms with van der Waals surface area (Å²) in [5.74, 6) is -0.0583. The van der Waals surface area contributed by atoms with Crippen LogP contribution in [0.5, 0.6) is 0 Å². The average Bonchev–Trinajstić information content (AvgIpc) is 3.42. The minimum absolute atomic E-state index is 0.0583. The number of hydrogen-bond donors (Lipinski definition) is 3. The minimum atomic E-state index is -0.842. The standard InChI is InChI=1S/C72H137NO3/c1-3-5-7-9-11-13-15-17-19-21-23-25-27-29-31-33-35-36-38-39-41-43-45-47-49-51-53-55-57-59-61-63-65-67-71(75)70(69-74)73-72(76)68-66-64-62-60-58-56-54-52-50-48-46-44-42-40-37-34-32-30-28-26-24-22-20-18-16-14-12-10-8-6-4-2/h16,18,22,24,28,30,65,67,70-71,74-75H,3-15,17,19-21,23,25-27,29,31-64,66,68-69H2,1-2H3,(H,73,76)/b18-16-,24-22-,30-28-,67-65+. The average molecular weight is 1060 g/mol. The van der Waals surface area contributed by atoms with Gasteiger partial charge in [0.15, 0.2) is 0 Å². The summed E-state index contributed by atoms with van der Waals surface area (Å²) in [6.07, 6.45) is 94.8. The molecule has 0 fully saturated rings. The number of allylic oxidation sites excluding steroid dienone is 7. The third-order valence-electron chi connectivity index (χ3n) is 16.3. The van der Waals surface area contributed by atoms with Crippen LogP contribution >= 0.6 is 0 Å². The number of nitrogens with one attached hydrogen (secondary N) is 1. The second-order valence-electron chi connectivity index (χ2n) is 24.0. The lowest BCUT2D eigenvalue weighted by atomic mass is 10.0. The second kappa shape index (κ2) is 67.6. The molecule has 3 N–H and O–H groups in total. The molecule has 0 aliphatic rings. The maximum atomic E-state index is 12.5. The molecule has 76 heavy (non-hydrogen) atoms. The first kappa shape index (κ1) is 74.3. The normalized spacial score (nSPS) is 12.9. The highest BCUT2D eigenvalue weighted by atomic mass is 16.3. The lowest BCUT2D eigenvalue weighted by Gasteiger charge is -2.20. The van der Waals surface area contributed by atoms with Crippen molar-refractivity contribution in [1.82, 2.24) is 5.32 Å². The van der Waals surface area contributed by atoms with Crippen LogP contribution in [0.4, 0.5) is 0 Å². The molecule has 0 saturated carbocycles. The van der Waals surface area contributed by atoms with Gasteiger partial charge in [0.05, 0.1) is 18.8 Å². The van der Waals surface area contributed by atoms with Gasteiger partial charge in [-0.3, -0.25) is 4.79 Å². The number of aliphatic hydroxyl groups excluding tert-OH is 2. The van der Waals surface area contributed by atoms with E-state index in [1.807, 2.05) is 6.08 Å². The Morgan fingerprint density at radius 2 is 0.539 bits per heavy atom. The van der Waals surface area contributed by atoms with Crippen molar-refractivity contribution in [3.05, 3.63) is 48.6 Å². The van der Waals surface area contributed by atoms with Crippen LogP contribution in [0.1, 0.15) is 386 Å². The van der Waals surface area contributed by atoms with E-state index in [1.54, 1.807) is 6.08 Å². The number of rotatable bonds is 65. The summed E-state index contributed by atoms with van der Waals surface area (Å²) in [6.45, 7) is 4.34. The monoisotopic (exact) mass is 1060 g/mol. The molecular formula is C72H137NO3. The van der Waals surface area contributed by atoms with E-state index in [9.17, 15) is 15.0 Å². The topological polar surface area (TPSA) is 69.6 Å². The van der Waals surface area contributed by atoms with Crippen LogP contribution in [0.2, 0.25) is 0 Å². The van der Waals surface area contributed by atoms with E-state index in [-0.39, 0.29) is 12.5 Å². The lowest BCUT2D eigenvalue weighted by molar-refractivity contribution is -0.123. The Bertz CT molecular complexity index is 1210. The van der Waals surface area contributed by atoms with Crippen molar-refractivity contribution in [2.45, 2.75) is 398 Å². The fourth-order valence-corrected chi connectivity index (χ4v) is 11.0. The zero-order chi connectivity index (χ0) is 54.8. The summed E-state index contributed by atoms with van der Waals surface area (Å²) < 4.78 is 0. The summed E-state index contributed by atoms with van der Waals surface area (Å²) >= 11 is 0. The Balaban J connectivity index is 3.43. The fraction of sp³-hybridized carbons (Fsp3) is 0.875. The summed E-state index contributed by atoms with van der Waals surface area (Å²) in [7, 11) is 0. The van der Waals surface area contributed by atoms with Gasteiger partial charge in [-0.25, -0.2) is 0 Å². The van der Waals surface area contributed by atoms with Crippen molar-refractivity contribution in [1.29, 1.82) is 0 Å². The van der Waals surface area contributed by atoms with Crippen LogP contribution in [0.15, 0.2) is 48.6 Å². The number of amides is 1. The minimum Gasteiger partial charge on any atom is -0.394 e. The maximum Gasteiger partial charge on any atom is 0.220 e. The second-order valence-corrected chi connectivity index (χ2v) is 24.0. The first-order valence-corrected chi connectivity index (χ1v) is 34.9. The molecular weight excluding hydrogens is 927 g/mol. The summed E-state index contributed by atoms with van der Waals surface area (Å²) in [4.78, 5) is 12.5. The molecule has 0 aromatic carbocycles. The Labute approximate surface area is 477 Å². The number of unbranched alkanes of at least 4 members (excludes halogenated alkanes) is 52. The Morgan fingerprint density at radius 1 is 0.316 bits per heavy atom. The Kier molecular flexibility index (Phi) is 66.2. The first-order valence-electron chi connectivity index (χ1n) is 34.9. The van der Waals surface area contributed by atoms with Crippen molar-refractivity contribution in [2.24, 2.45) is 0 Å². The number of hydrogen-bond acceptors (Lipinski definition) is 3. The van der Waals surface area contributed by atoms with Crippen LogP contribution < -0.4 is 5.32 Å². The molecule has 4 nitrogen and oxygen atoms in total. The molecule has 0 heterocycles. The van der Waals surface area contributed by atoms with Gasteiger partial charge in [-0.05, 0) is 57.8 Å². The molecule has 0 aliphatic heterocycles. The number of carbonyl (C=O) groups excluding carboxylic acids is 1. The molecule has 0 aromatic heterocycles. The van der Waals surface area contributed by atoms with Gasteiger partial charge in [-0.15, -0.1) is 0 Å². The molecule has 0 radical (unpaired) electrons. The summed E-state index contributed by atoms with van der Waals surface area (Å²) in [5.41, 5.74) is 0. The predicted octanol–water partition coefficient (Wildman–Crippen LogP) is 23.7. The molecule has 448 valence electrons. The van der Waals surface area contributed by atoms with Gasteiger partial charge in [0.2, 0.25) is 5.91 Å². The highest BCUT2D eigenvalue weighted by molar-refractivity contribution is 5.76. The highest BCUT2D eigenvalue weighted by Crippen LogP contribution is 2.19. The van der Waals surface area contributed by atoms with Crippen molar-refractivity contribution < 1.29 is 15.0 Å². The van der Waals surface area contributed by atoms with E-state index in [0.717, 1.165) is 38.5 Å². The van der Waals surface area contributed by atoms with Crippen LogP contribution in [0.25, 0.3) is 0 Å². The molecule has 0 aliphatic carbocycles. The zero-order valence-electron chi connectivity index (χ0n) is 51.8. The third-order valence-corrected chi connectivity index (χ3v) is 16.3. The molecule has 0 bridgehead atoms. The van der Waals surface area contributed by atoms with Crippen LogP contribution in [-0.2, 0) is 4.79 Å². The quantitative estimate of drug-likeness (QED) is 0.0420. The number of aliphatic hydroxyl groups is 2. The third kappa shape index (κ3) is 63.2. The molecule has 2 atom stereocenters. The van der Waals surface area contributed by atoms with E-state index in [1.165, 1.54) is 327 Å². The summed E-state index contributed by atoms with van der Waals surface area (Å²) in [6, 6.07) is -0.625. The molecule has 2 unspecified atom stereocenters. The van der Waals surface area contributed by atoms with E-state index >= 15 is 0 Å². The summed E-state index contributed by atoms with van der Waals surface area (Å²) in [5, 5.41) is 23.3. The van der Waals surface area contributed by atoms with Crippen molar-refractivity contribution in [3.8, 4) is 0 Å². The molecule has 0 saturated heterocycles. The van der Waals surface area contributed by atoms with Gasteiger partial charge in [-0.1, -0.05) is 371 Å². The van der Waals surface area contributed by atoms with E-state index in [4.69, 9.17) is 0 Å². The van der Waals surface area contributed by atoms with Gasteiger partial charge >= 0.3 is 0 Å². The Morgan fingerprint density at radius 3 is 0.803 bits per heavy atom. The fourth-order valence-electron chi connectivity index (χ4n) is 11.0. The smallest absolute Gasteiger partial charge is 0.220 e. The van der Waals surface area contributed by atoms with Gasteiger partial charge in [0.25, 0.3) is 0 Å². The van der Waals surface area contributed by atoms with E-state index in [2.05, 4.69) is 55.6 Å². The molecule has 0 aromatic rings. The lowest BCUT2D eigenvalue weighted by Crippen LogP contribution is -2.45. The molecule has 0 spiro atoms. The van der Waals surface area contributed by atoms with Gasteiger partial charge < -0.3 is 15.5 Å². The van der Waals surface area contributed by atoms with Crippen molar-refractivity contribution in [3.63, 3.8) is 0 Å². The van der Waals surface area contributed by atoms with Crippen LogP contribution in [0.3, 0.4) is 0 Å². The molecule has 1 amide bonds. The van der Waals surface area contributed by atoms with Gasteiger partial charge in [0.1, 0.15) is 0 Å². The van der Waals surface area contributed by atoms with E-state index in [0.29, 0.717) is 6.42 Å². The van der Waals surface area contributed by atoms with Gasteiger partial charge in [-0.2, -0.15) is 0 Å². The van der Waals surface area contributed by atoms with Crippen molar-refractivity contribution in [2.75, 3.05) is 6.61 Å². The zero-order valence-corrected chi connectivity index (χ0v) is 51.8. The van der Waals surface area contributed by atoms with Gasteiger partial charge in [0, 0.05) is 6.42 Å². The molecule has 0 rings (SSSR count). The van der Waals surface area contributed by atoms with Crippen molar-refractivity contribution >= 4 is 5.91 Å². The van der Waals surface area contributed by atoms with E-state index < -0.39 is 12.1 Å².